The van der Waals surface area contributed by atoms with Crippen LogP contribution in [0.1, 0.15) is 6.92 Å². The lowest BCUT2D eigenvalue weighted by atomic mass is 10.2. The van der Waals surface area contributed by atoms with Crippen LogP contribution < -0.4 is 5.73 Å². The number of sulfonamides is 1. The van der Waals surface area contributed by atoms with E-state index in [9.17, 15) is 8.42 Å². The van der Waals surface area contributed by atoms with E-state index < -0.39 is 15.9 Å². The number of aryl methyl sites for hydroxylation is 1. The molecule has 0 amide bonds. The average molecular weight is 275 g/mol. The van der Waals surface area contributed by atoms with E-state index >= 15 is 0 Å². The molecule has 9 heteroatoms. The SMILES string of the molecule is CC(CN(C)S(=O)(=O)c1cn(C)cn1)/C(N)=N/O. The zero-order valence-corrected chi connectivity index (χ0v) is 11.3. The van der Waals surface area contributed by atoms with Crippen LogP contribution in [-0.4, -0.2) is 46.9 Å². The number of oxime groups is 1. The van der Waals surface area contributed by atoms with Gasteiger partial charge in [0.25, 0.3) is 10.0 Å². The molecule has 1 unspecified atom stereocenters. The maximum absolute atomic E-state index is 12.1. The minimum Gasteiger partial charge on any atom is -0.409 e. The Kier molecular flexibility index (Phi) is 4.30. The van der Waals surface area contributed by atoms with E-state index in [1.165, 1.54) is 19.6 Å². The van der Waals surface area contributed by atoms with Crippen LogP contribution in [0.5, 0.6) is 0 Å². The monoisotopic (exact) mass is 275 g/mol. The Balaban J connectivity index is 2.87. The molecule has 102 valence electrons. The summed E-state index contributed by atoms with van der Waals surface area (Å²) in [5, 5.41) is 11.3. The van der Waals surface area contributed by atoms with Gasteiger partial charge in [0.1, 0.15) is 5.84 Å². The highest BCUT2D eigenvalue weighted by Crippen LogP contribution is 2.12. The van der Waals surface area contributed by atoms with Gasteiger partial charge in [0.15, 0.2) is 5.03 Å². The van der Waals surface area contributed by atoms with E-state index in [0.717, 1.165) is 4.31 Å². The second-order valence-electron chi connectivity index (χ2n) is 4.09. The van der Waals surface area contributed by atoms with Gasteiger partial charge in [0.2, 0.25) is 0 Å². The first kappa shape index (κ1) is 14.5. The molecule has 8 nitrogen and oxygen atoms in total. The number of imidazole rings is 1. The fourth-order valence-corrected chi connectivity index (χ4v) is 2.58. The number of nitrogens with zero attached hydrogens (tertiary/aromatic N) is 4. The highest BCUT2D eigenvalue weighted by molar-refractivity contribution is 7.89. The molecule has 3 N–H and O–H groups in total. The van der Waals surface area contributed by atoms with Crippen LogP contribution in [0.2, 0.25) is 0 Å². The van der Waals surface area contributed by atoms with Crippen LogP contribution in [0.3, 0.4) is 0 Å². The fourth-order valence-electron chi connectivity index (χ4n) is 1.36. The first-order valence-corrected chi connectivity index (χ1v) is 6.64. The second kappa shape index (κ2) is 5.36. The zero-order chi connectivity index (χ0) is 13.9. The summed E-state index contributed by atoms with van der Waals surface area (Å²) in [5.74, 6) is -0.406. The van der Waals surface area contributed by atoms with E-state index in [1.54, 1.807) is 18.5 Å². The quantitative estimate of drug-likeness (QED) is 0.323. The van der Waals surface area contributed by atoms with Crippen molar-refractivity contribution in [2.24, 2.45) is 23.9 Å². The van der Waals surface area contributed by atoms with Crippen molar-refractivity contribution in [3.8, 4) is 0 Å². The summed E-state index contributed by atoms with van der Waals surface area (Å²) >= 11 is 0. The number of aromatic nitrogens is 2. The minimum absolute atomic E-state index is 0.0157. The van der Waals surface area contributed by atoms with Gasteiger partial charge in [-0.2, -0.15) is 4.31 Å². The van der Waals surface area contributed by atoms with Crippen LogP contribution in [0.15, 0.2) is 22.7 Å². The van der Waals surface area contributed by atoms with Gasteiger partial charge in [0, 0.05) is 32.8 Å². The predicted molar refractivity (Wildman–Crippen MR) is 65.6 cm³/mol. The molecule has 0 aliphatic heterocycles. The second-order valence-corrected chi connectivity index (χ2v) is 6.08. The molecule has 0 saturated carbocycles. The Morgan fingerprint density at radius 1 is 1.72 bits per heavy atom. The number of rotatable bonds is 5. The van der Waals surface area contributed by atoms with E-state index in [4.69, 9.17) is 10.9 Å². The van der Waals surface area contributed by atoms with E-state index in [2.05, 4.69) is 10.1 Å². The number of nitrogens with two attached hydrogens (primary N) is 1. The van der Waals surface area contributed by atoms with Gasteiger partial charge in [-0.25, -0.2) is 13.4 Å². The molecule has 0 saturated heterocycles. The van der Waals surface area contributed by atoms with Gasteiger partial charge >= 0.3 is 0 Å². The summed E-state index contributed by atoms with van der Waals surface area (Å²) in [7, 11) is -0.538. The van der Waals surface area contributed by atoms with Gasteiger partial charge in [-0.3, -0.25) is 0 Å². The first-order chi connectivity index (χ1) is 8.28. The zero-order valence-electron chi connectivity index (χ0n) is 10.5. The average Bonchev–Trinajstić information content (AvgIpc) is 2.75. The van der Waals surface area contributed by atoms with Crippen LogP contribution in [0.4, 0.5) is 0 Å². The predicted octanol–water partition coefficient (Wildman–Crippen LogP) is -0.577. The maximum atomic E-state index is 12.1. The number of amidine groups is 1. The van der Waals surface area contributed by atoms with E-state index in [0.29, 0.717) is 0 Å². The summed E-state index contributed by atoms with van der Waals surface area (Å²) in [4.78, 5) is 3.80. The lowest BCUT2D eigenvalue weighted by Gasteiger charge is -2.19. The largest absolute Gasteiger partial charge is 0.409 e. The van der Waals surface area contributed by atoms with Gasteiger partial charge in [-0.05, 0) is 0 Å². The molecule has 1 aromatic heterocycles. The van der Waals surface area contributed by atoms with Crippen molar-refractivity contribution in [3.05, 3.63) is 12.5 Å². The molecule has 0 aromatic carbocycles. The Hall–Kier alpha value is -1.61. The molecular weight excluding hydrogens is 258 g/mol. The summed E-state index contributed by atoms with van der Waals surface area (Å²) in [6.07, 6.45) is 2.83. The van der Waals surface area contributed by atoms with Crippen LogP contribution >= 0.6 is 0 Å². The topological polar surface area (TPSA) is 114 Å². The first-order valence-electron chi connectivity index (χ1n) is 5.20. The van der Waals surface area contributed by atoms with Crippen molar-refractivity contribution >= 4 is 15.9 Å². The smallest absolute Gasteiger partial charge is 0.261 e. The summed E-state index contributed by atoms with van der Waals surface area (Å²) in [6, 6.07) is 0. The van der Waals surface area contributed by atoms with E-state index in [-0.39, 0.29) is 17.4 Å². The van der Waals surface area contributed by atoms with Crippen molar-refractivity contribution in [2.45, 2.75) is 11.9 Å². The maximum Gasteiger partial charge on any atom is 0.261 e. The fraction of sp³-hybridized carbons (Fsp3) is 0.556. The third-order valence-corrected chi connectivity index (χ3v) is 4.22. The third kappa shape index (κ3) is 2.99. The summed E-state index contributed by atoms with van der Waals surface area (Å²) < 4.78 is 26.9. The highest BCUT2D eigenvalue weighted by Gasteiger charge is 2.25. The minimum atomic E-state index is -3.65. The number of hydrogen-bond acceptors (Lipinski definition) is 5. The molecule has 1 rings (SSSR count). The standard InChI is InChI=1S/C9H17N5O3S/c1-7(9(10)12-15)4-14(3)18(16,17)8-5-13(2)6-11-8/h5-7,15H,4H2,1-3H3,(H2,10,12). The molecule has 0 aliphatic rings. The molecule has 0 radical (unpaired) electrons. The summed E-state index contributed by atoms with van der Waals surface area (Å²) in [5.41, 5.74) is 5.41. The van der Waals surface area contributed by atoms with E-state index in [1.807, 2.05) is 0 Å². The Labute approximate surface area is 106 Å². The Bertz CT molecular complexity index is 536. The molecule has 0 bridgehead atoms. The molecule has 1 heterocycles. The number of hydrogen-bond donors (Lipinski definition) is 2. The van der Waals surface area contributed by atoms with Crippen LogP contribution in [0, 0.1) is 5.92 Å². The highest BCUT2D eigenvalue weighted by atomic mass is 32.2. The molecular formula is C9H17N5O3S. The third-order valence-electron chi connectivity index (χ3n) is 2.51. The van der Waals surface area contributed by atoms with Crippen molar-refractivity contribution in [1.29, 1.82) is 0 Å². The molecule has 1 atom stereocenters. The van der Waals surface area contributed by atoms with Crippen molar-refractivity contribution in [2.75, 3.05) is 13.6 Å². The lowest BCUT2D eigenvalue weighted by molar-refractivity contribution is 0.312. The van der Waals surface area contributed by atoms with Crippen LogP contribution in [-0.2, 0) is 17.1 Å². The Morgan fingerprint density at radius 2 is 2.33 bits per heavy atom. The van der Waals surface area contributed by atoms with Crippen molar-refractivity contribution in [3.63, 3.8) is 0 Å². The van der Waals surface area contributed by atoms with Gasteiger partial charge in [0.05, 0.1) is 6.33 Å². The van der Waals surface area contributed by atoms with Crippen molar-refractivity contribution < 1.29 is 13.6 Å². The van der Waals surface area contributed by atoms with Gasteiger partial charge in [-0.15, -0.1) is 0 Å². The molecule has 18 heavy (non-hydrogen) atoms. The molecule has 0 fully saturated rings. The summed E-state index contributed by atoms with van der Waals surface area (Å²) in [6.45, 7) is 1.77. The van der Waals surface area contributed by atoms with Crippen LogP contribution in [0.25, 0.3) is 0 Å². The molecule has 1 aromatic rings. The normalized spacial score (nSPS) is 15.0. The Morgan fingerprint density at radius 3 is 2.78 bits per heavy atom. The van der Waals surface area contributed by atoms with Gasteiger partial charge < -0.3 is 15.5 Å². The van der Waals surface area contributed by atoms with Crippen molar-refractivity contribution in [1.82, 2.24) is 13.9 Å². The lowest BCUT2D eigenvalue weighted by Crippen LogP contribution is -2.36. The van der Waals surface area contributed by atoms with Gasteiger partial charge in [-0.1, -0.05) is 12.1 Å². The molecule has 0 spiro atoms. The molecule has 0 aliphatic carbocycles.